The van der Waals surface area contributed by atoms with E-state index in [1.54, 1.807) is 36.3 Å². The average Bonchev–Trinajstić information content (AvgIpc) is 3.26. The molecule has 0 atom stereocenters. The summed E-state index contributed by atoms with van der Waals surface area (Å²) in [4.78, 5) is 14.2. The van der Waals surface area contributed by atoms with E-state index in [4.69, 9.17) is 21.1 Å². The van der Waals surface area contributed by atoms with Crippen molar-refractivity contribution in [2.45, 2.75) is 19.4 Å². The van der Waals surface area contributed by atoms with Gasteiger partial charge in [-0.05, 0) is 54.3 Å². The zero-order chi connectivity index (χ0) is 19.9. The van der Waals surface area contributed by atoms with Crippen LogP contribution in [0.2, 0.25) is 5.02 Å². The number of halogens is 1. The normalized spacial score (nSPS) is 13.9. The van der Waals surface area contributed by atoms with Crippen molar-refractivity contribution in [1.29, 1.82) is 5.26 Å². The number of likely N-dealkylation sites (tertiary alicyclic amines) is 1. The number of nitrogens with zero attached hydrogens (tertiary/aromatic N) is 2. The second-order valence-electron chi connectivity index (χ2n) is 6.49. The predicted molar refractivity (Wildman–Crippen MR) is 108 cm³/mol. The molecular weight excluding hydrogens is 376 g/mol. The Hall–Kier alpha value is -2.97. The number of amides is 1. The molecule has 1 amide bonds. The van der Waals surface area contributed by atoms with E-state index in [2.05, 4.69) is 0 Å². The molecule has 1 heterocycles. The molecule has 5 nitrogen and oxygen atoms in total. The monoisotopic (exact) mass is 396 g/mol. The highest BCUT2D eigenvalue weighted by atomic mass is 35.5. The summed E-state index contributed by atoms with van der Waals surface area (Å²) >= 11 is 5.89. The van der Waals surface area contributed by atoms with Crippen LogP contribution in [0.5, 0.6) is 11.5 Å². The third-order valence-electron chi connectivity index (χ3n) is 4.55. The minimum atomic E-state index is -0.220. The molecule has 1 saturated heterocycles. The standard InChI is InChI=1S/C22H21ClN2O3/c1-27-21-13-17(12-18(14-24)22(26)25-10-2-3-11-25)6-9-20(21)28-15-16-4-7-19(23)8-5-16/h4-9,12-13H,2-3,10-11,15H2,1H3/b18-12-. The predicted octanol–water partition coefficient (Wildman–Crippen LogP) is 4.46. The van der Waals surface area contributed by atoms with Gasteiger partial charge in [-0.15, -0.1) is 0 Å². The summed E-state index contributed by atoms with van der Waals surface area (Å²) in [6, 6.07) is 14.8. The van der Waals surface area contributed by atoms with Crippen molar-refractivity contribution in [3.63, 3.8) is 0 Å². The maximum absolute atomic E-state index is 12.5. The van der Waals surface area contributed by atoms with Crippen LogP contribution < -0.4 is 9.47 Å². The fourth-order valence-electron chi connectivity index (χ4n) is 3.03. The van der Waals surface area contributed by atoms with Gasteiger partial charge < -0.3 is 14.4 Å². The number of hydrogen-bond acceptors (Lipinski definition) is 4. The topological polar surface area (TPSA) is 62.6 Å². The van der Waals surface area contributed by atoms with Crippen molar-refractivity contribution < 1.29 is 14.3 Å². The lowest BCUT2D eigenvalue weighted by Crippen LogP contribution is -2.28. The molecule has 1 aliphatic rings. The molecule has 1 fully saturated rings. The first-order chi connectivity index (χ1) is 13.6. The molecule has 0 radical (unpaired) electrons. The number of carbonyl (C=O) groups is 1. The molecule has 0 aliphatic carbocycles. The van der Waals surface area contributed by atoms with Crippen LogP contribution in [0.3, 0.4) is 0 Å². The number of nitriles is 1. The van der Waals surface area contributed by atoms with E-state index in [0.29, 0.717) is 41.8 Å². The zero-order valence-electron chi connectivity index (χ0n) is 15.7. The number of methoxy groups -OCH3 is 1. The van der Waals surface area contributed by atoms with Gasteiger partial charge in [0.2, 0.25) is 0 Å². The van der Waals surface area contributed by atoms with Gasteiger partial charge in [0.25, 0.3) is 5.91 Å². The Morgan fingerprint density at radius 2 is 1.89 bits per heavy atom. The van der Waals surface area contributed by atoms with E-state index in [-0.39, 0.29) is 11.5 Å². The molecular formula is C22H21ClN2O3. The van der Waals surface area contributed by atoms with Gasteiger partial charge in [-0.3, -0.25) is 4.79 Å². The summed E-state index contributed by atoms with van der Waals surface area (Å²) in [5.41, 5.74) is 1.82. The molecule has 144 valence electrons. The molecule has 6 heteroatoms. The van der Waals surface area contributed by atoms with Crippen molar-refractivity contribution in [3.8, 4) is 17.6 Å². The summed E-state index contributed by atoms with van der Waals surface area (Å²) in [6.07, 6.45) is 3.56. The van der Waals surface area contributed by atoms with E-state index in [0.717, 1.165) is 18.4 Å². The summed E-state index contributed by atoms with van der Waals surface area (Å²) < 4.78 is 11.3. The van der Waals surface area contributed by atoms with Crippen molar-refractivity contribution in [1.82, 2.24) is 4.90 Å². The average molecular weight is 397 g/mol. The van der Waals surface area contributed by atoms with Crippen molar-refractivity contribution >= 4 is 23.6 Å². The molecule has 2 aromatic rings. The molecule has 1 aliphatic heterocycles. The third-order valence-corrected chi connectivity index (χ3v) is 4.80. The van der Waals surface area contributed by atoms with Gasteiger partial charge in [0.05, 0.1) is 7.11 Å². The van der Waals surface area contributed by atoms with Gasteiger partial charge >= 0.3 is 0 Å². The molecule has 3 rings (SSSR count). The van der Waals surface area contributed by atoms with Crippen LogP contribution >= 0.6 is 11.6 Å². The first-order valence-electron chi connectivity index (χ1n) is 9.07. The van der Waals surface area contributed by atoms with E-state index < -0.39 is 0 Å². The smallest absolute Gasteiger partial charge is 0.264 e. The first kappa shape index (κ1) is 19.8. The molecule has 0 unspecified atom stereocenters. The lowest BCUT2D eigenvalue weighted by Gasteiger charge is -2.14. The summed E-state index contributed by atoms with van der Waals surface area (Å²) in [6.45, 7) is 1.79. The molecule has 0 spiro atoms. The van der Waals surface area contributed by atoms with Crippen LogP contribution in [-0.4, -0.2) is 31.0 Å². The Kier molecular flexibility index (Phi) is 6.57. The maximum atomic E-state index is 12.5. The zero-order valence-corrected chi connectivity index (χ0v) is 16.4. The van der Waals surface area contributed by atoms with E-state index in [9.17, 15) is 10.1 Å². The largest absolute Gasteiger partial charge is 0.493 e. The highest BCUT2D eigenvalue weighted by molar-refractivity contribution is 6.30. The Morgan fingerprint density at radius 3 is 2.54 bits per heavy atom. The number of carbonyl (C=O) groups excluding carboxylic acids is 1. The number of rotatable bonds is 6. The Balaban J connectivity index is 1.75. The maximum Gasteiger partial charge on any atom is 0.264 e. The van der Waals surface area contributed by atoms with Crippen LogP contribution in [0.1, 0.15) is 24.0 Å². The third kappa shape index (κ3) is 4.85. The number of ether oxygens (including phenoxy) is 2. The van der Waals surface area contributed by atoms with E-state index in [1.807, 2.05) is 30.3 Å². The van der Waals surface area contributed by atoms with Crippen LogP contribution in [0.25, 0.3) is 6.08 Å². The summed E-state index contributed by atoms with van der Waals surface area (Å²) in [7, 11) is 1.55. The van der Waals surface area contributed by atoms with E-state index in [1.165, 1.54) is 0 Å². The highest BCUT2D eigenvalue weighted by Crippen LogP contribution is 2.30. The van der Waals surface area contributed by atoms with Crippen molar-refractivity contribution in [2.24, 2.45) is 0 Å². The van der Waals surface area contributed by atoms with Crippen molar-refractivity contribution in [3.05, 3.63) is 64.2 Å². The van der Waals surface area contributed by atoms with Crippen LogP contribution in [0.15, 0.2) is 48.0 Å². The number of hydrogen-bond donors (Lipinski definition) is 0. The van der Waals surface area contributed by atoms with Crippen LogP contribution in [0.4, 0.5) is 0 Å². The minimum absolute atomic E-state index is 0.124. The Labute approximate surface area is 169 Å². The molecule has 0 bridgehead atoms. The van der Waals surface area contributed by atoms with Gasteiger partial charge in [-0.25, -0.2) is 0 Å². The van der Waals surface area contributed by atoms with E-state index >= 15 is 0 Å². The van der Waals surface area contributed by atoms with Gasteiger partial charge in [0.1, 0.15) is 18.2 Å². The molecule has 0 aromatic heterocycles. The van der Waals surface area contributed by atoms with Crippen molar-refractivity contribution in [2.75, 3.05) is 20.2 Å². The highest BCUT2D eigenvalue weighted by Gasteiger charge is 2.21. The first-order valence-corrected chi connectivity index (χ1v) is 9.45. The summed E-state index contributed by atoms with van der Waals surface area (Å²) in [5, 5.41) is 10.1. The number of benzene rings is 2. The molecule has 0 N–H and O–H groups in total. The van der Waals surface area contributed by atoms with Gasteiger partial charge in [-0.1, -0.05) is 29.8 Å². The molecule has 0 saturated carbocycles. The Bertz CT molecular complexity index is 910. The second-order valence-corrected chi connectivity index (χ2v) is 6.93. The molecule has 2 aromatic carbocycles. The molecule has 28 heavy (non-hydrogen) atoms. The van der Waals surface area contributed by atoms with Crippen LogP contribution in [-0.2, 0) is 11.4 Å². The fraction of sp³-hybridized carbons (Fsp3) is 0.273. The minimum Gasteiger partial charge on any atom is -0.493 e. The van der Waals surface area contributed by atoms with Gasteiger partial charge in [0.15, 0.2) is 11.5 Å². The van der Waals surface area contributed by atoms with Gasteiger partial charge in [-0.2, -0.15) is 5.26 Å². The lowest BCUT2D eigenvalue weighted by molar-refractivity contribution is -0.125. The summed E-state index contributed by atoms with van der Waals surface area (Å²) in [5.74, 6) is 0.898. The Morgan fingerprint density at radius 1 is 1.18 bits per heavy atom. The van der Waals surface area contributed by atoms with Gasteiger partial charge in [0, 0.05) is 18.1 Å². The lowest BCUT2D eigenvalue weighted by atomic mass is 10.1. The quantitative estimate of drug-likeness (QED) is 0.534. The van der Waals surface area contributed by atoms with Crippen LogP contribution in [0, 0.1) is 11.3 Å². The fourth-order valence-corrected chi connectivity index (χ4v) is 3.16. The SMILES string of the molecule is COc1cc(/C=C(/C#N)C(=O)N2CCCC2)ccc1OCc1ccc(Cl)cc1. The second kappa shape index (κ2) is 9.29.